The highest BCUT2D eigenvalue weighted by molar-refractivity contribution is 8.23. The van der Waals surface area contributed by atoms with E-state index in [9.17, 15) is 14.4 Å². The van der Waals surface area contributed by atoms with Crippen LogP contribution in [0.1, 0.15) is 48.2 Å². The lowest BCUT2D eigenvalue weighted by Crippen LogP contribution is -2.48. The minimum absolute atomic E-state index is 0.0655. The van der Waals surface area contributed by atoms with E-state index >= 15 is 0 Å². The molecule has 3 heterocycles. The van der Waals surface area contributed by atoms with Crippen LogP contribution in [0.5, 0.6) is 0 Å². The largest absolute Gasteiger partial charge is 0.462 e. The molecule has 1 saturated heterocycles. The van der Waals surface area contributed by atoms with Gasteiger partial charge in [-0.3, -0.25) is 9.59 Å². The molecule has 7 nitrogen and oxygen atoms in total. The summed E-state index contributed by atoms with van der Waals surface area (Å²) in [5, 5.41) is 2.85. The van der Waals surface area contributed by atoms with E-state index in [0.29, 0.717) is 28.1 Å². The van der Waals surface area contributed by atoms with Crippen molar-refractivity contribution in [3.63, 3.8) is 0 Å². The summed E-state index contributed by atoms with van der Waals surface area (Å²) in [6, 6.07) is 12.2. The Labute approximate surface area is 208 Å². The van der Waals surface area contributed by atoms with Gasteiger partial charge in [-0.1, -0.05) is 43.4 Å². The van der Waals surface area contributed by atoms with Gasteiger partial charge >= 0.3 is 5.97 Å². The van der Waals surface area contributed by atoms with Crippen molar-refractivity contribution in [3.8, 4) is 0 Å². The summed E-state index contributed by atoms with van der Waals surface area (Å²) in [6.07, 6.45) is 2.87. The summed E-state index contributed by atoms with van der Waals surface area (Å²) >= 11 is 6.99. The molecule has 0 aliphatic carbocycles. The molecule has 9 heteroatoms. The SMILES string of the molecule is CCCCOC(=O)c1ccc(NC(=O)CSC(=S)N2C[C@H]3C[C@H](C2)c2cccc(=O)n2C3)cc1. The molecular weight excluding hydrogens is 470 g/mol. The number of hydrogen-bond donors (Lipinski definition) is 1. The van der Waals surface area contributed by atoms with Crippen LogP contribution in [-0.4, -0.2) is 51.1 Å². The molecule has 0 spiro atoms. The zero-order valence-electron chi connectivity index (χ0n) is 19.2. The van der Waals surface area contributed by atoms with Crippen molar-refractivity contribution in [2.75, 3.05) is 30.8 Å². The Balaban J connectivity index is 1.26. The molecule has 1 amide bonds. The lowest BCUT2D eigenvalue weighted by Gasteiger charge is -2.43. The molecule has 0 radical (unpaired) electrons. The van der Waals surface area contributed by atoms with E-state index in [0.717, 1.165) is 44.6 Å². The second-order valence-electron chi connectivity index (χ2n) is 8.77. The number of benzene rings is 1. The zero-order valence-corrected chi connectivity index (χ0v) is 20.8. The average Bonchev–Trinajstić information content (AvgIpc) is 2.83. The number of unbranched alkanes of at least 4 members (excludes halogenated alkanes) is 1. The first-order valence-corrected chi connectivity index (χ1v) is 13.0. The first kappa shape index (κ1) is 24.5. The van der Waals surface area contributed by atoms with E-state index in [4.69, 9.17) is 17.0 Å². The number of nitrogens with one attached hydrogen (secondary N) is 1. The van der Waals surface area contributed by atoms with Crippen molar-refractivity contribution in [3.05, 3.63) is 64.1 Å². The fourth-order valence-corrected chi connectivity index (χ4v) is 5.53. The Morgan fingerprint density at radius 1 is 1.15 bits per heavy atom. The number of fused-ring (bicyclic) bond motifs is 4. The maximum absolute atomic E-state index is 12.5. The summed E-state index contributed by atoms with van der Waals surface area (Å²) in [6.45, 7) is 4.74. The van der Waals surface area contributed by atoms with Crippen LogP contribution in [0.15, 0.2) is 47.3 Å². The second kappa shape index (κ2) is 11.2. The van der Waals surface area contributed by atoms with Gasteiger partial charge < -0.3 is 19.5 Å². The normalized spacial score (nSPS) is 18.7. The van der Waals surface area contributed by atoms with E-state index in [1.54, 1.807) is 30.3 Å². The number of hydrogen-bond acceptors (Lipinski definition) is 6. The molecule has 1 N–H and O–H groups in total. The molecule has 0 unspecified atom stereocenters. The van der Waals surface area contributed by atoms with Crippen molar-refractivity contribution in [2.24, 2.45) is 5.92 Å². The molecule has 2 aliphatic heterocycles. The van der Waals surface area contributed by atoms with Gasteiger partial charge in [-0.05, 0) is 49.1 Å². The van der Waals surface area contributed by atoms with Gasteiger partial charge in [0.15, 0.2) is 0 Å². The predicted octanol–water partition coefficient (Wildman–Crippen LogP) is 3.88. The van der Waals surface area contributed by atoms with E-state index in [-0.39, 0.29) is 29.1 Å². The number of anilines is 1. The molecule has 4 rings (SSSR count). The number of thiocarbonyl (C=S) groups is 1. The number of aromatic nitrogens is 1. The fraction of sp³-hybridized carbons (Fsp3) is 0.440. The molecule has 1 fully saturated rings. The van der Waals surface area contributed by atoms with Crippen LogP contribution in [0.2, 0.25) is 0 Å². The van der Waals surface area contributed by atoms with Crippen molar-refractivity contribution >= 4 is 45.9 Å². The predicted molar refractivity (Wildman–Crippen MR) is 138 cm³/mol. The molecular formula is C25H29N3O4S2. The number of thioether (sulfide) groups is 1. The van der Waals surface area contributed by atoms with Gasteiger partial charge in [0.25, 0.3) is 5.56 Å². The number of esters is 1. The Kier molecular flexibility index (Phi) is 8.05. The van der Waals surface area contributed by atoms with E-state index in [2.05, 4.69) is 10.2 Å². The molecule has 1 aromatic heterocycles. The van der Waals surface area contributed by atoms with Crippen LogP contribution in [0, 0.1) is 5.92 Å². The number of nitrogens with zero attached hydrogens (tertiary/aromatic N) is 2. The number of amides is 1. The lowest BCUT2D eigenvalue weighted by molar-refractivity contribution is -0.113. The van der Waals surface area contributed by atoms with Crippen molar-refractivity contribution in [2.45, 2.75) is 38.6 Å². The maximum Gasteiger partial charge on any atom is 0.338 e. The minimum Gasteiger partial charge on any atom is -0.462 e. The molecule has 0 saturated carbocycles. The Morgan fingerprint density at radius 3 is 2.71 bits per heavy atom. The Hall–Kier alpha value is -2.65. The van der Waals surface area contributed by atoms with Crippen LogP contribution in [0.25, 0.3) is 0 Å². The molecule has 2 aliphatic rings. The van der Waals surface area contributed by atoms with Gasteiger partial charge in [-0.25, -0.2) is 4.79 Å². The number of likely N-dealkylation sites (tertiary alicyclic amines) is 1. The molecule has 2 aromatic rings. The molecule has 2 bridgehead atoms. The summed E-state index contributed by atoms with van der Waals surface area (Å²) in [7, 11) is 0. The smallest absolute Gasteiger partial charge is 0.338 e. The van der Waals surface area contributed by atoms with Crippen LogP contribution in [-0.2, 0) is 16.1 Å². The van der Waals surface area contributed by atoms with Gasteiger partial charge in [0.1, 0.15) is 4.32 Å². The summed E-state index contributed by atoms with van der Waals surface area (Å²) < 4.78 is 7.81. The second-order valence-corrected chi connectivity index (χ2v) is 10.4. The molecule has 1 aromatic carbocycles. The van der Waals surface area contributed by atoms with Gasteiger partial charge in [0.05, 0.1) is 17.9 Å². The van der Waals surface area contributed by atoms with Crippen molar-refractivity contribution in [1.29, 1.82) is 0 Å². The first-order valence-electron chi connectivity index (χ1n) is 11.6. The van der Waals surface area contributed by atoms with Gasteiger partial charge in [-0.15, -0.1) is 0 Å². The highest BCUT2D eigenvalue weighted by Crippen LogP contribution is 2.36. The standard InChI is InChI=1S/C25H29N3O4S2/c1-2-3-11-32-24(31)18-7-9-20(10-8-18)26-22(29)16-34-25(33)27-13-17-12-19(15-27)21-5-4-6-23(30)28(21)14-17/h4-10,17,19H,2-3,11-16H2,1H3,(H,26,29)/t17-,19-/m1/s1. The van der Waals surface area contributed by atoms with Gasteiger partial charge in [-0.2, -0.15) is 0 Å². The van der Waals surface area contributed by atoms with Crippen molar-refractivity contribution < 1.29 is 14.3 Å². The van der Waals surface area contributed by atoms with Crippen LogP contribution >= 0.6 is 24.0 Å². The quantitative estimate of drug-likeness (QED) is 0.352. The van der Waals surface area contributed by atoms with E-state index in [1.807, 2.05) is 23.6 Å². The van der Waals surface area contributed by atoms with Crippen LogP contribution < -0.4 is 10.9 Å². The topological polar surface area (TPSA) is 80.6 Å². The number of carbonyl (C=O) groups excluding carboxylic acids is 2. The van der Waals surface area contributed by atoms with Crippen LogP contribution in [0.3, 0.4) is 0 Å². The maximum atomic E-state index is 12.5. The Bertz CT molecular complexity index is 1120. The molecule has 2 atom stereocenters. The summed E-state index contributed by atoms with van der Waals surface area (Å²) in [4.78, 5) is 38.8. The molecule has 180 valence electrons. The fourth-order valence-electron chi connectivity index (χ4n) is 4.54. The number of rotatable bonds is 7. The lowest BCUT2D eigenvalue weighted by atomic mass is 9.83. The highest BCUT2D eigenvalue weighted by atomic mass is 32.2. The molecule has 34 heavy (non-hydrogen) atoms. The summed E-state index contributed by atoms with van der Waals surface area (Å²) in [5.41, 5.74) is 2.23. The third-order valence-electron chi connectivity index (χ3n) is 6.20. The number of carbonyl (C=O) groups is 2. The van der Waals surface area contributed by atoms with Gasteiger partial charge in [0, 0.05) is 43.0 Å². The number of ether oxygens (including phenoxy) is 1. The minimum atomic E-state index is -0.356. The van der Waals surface area contributed by atoms with E-state index < -0.39 is 0 Å². The number of piperidine rings is 1. The zero-order chi connectivity index (χ0) is 24.1. The third kappa shape index (κ3) is 5.88. The monoisotopic (exact) mass is 499 g/mol. The Morgan fingerprint density at radius 2 is 1.94 bits per heavy atom. The summed E-state index contributed by atoms with van der Waals surface area (Å²) in [5.74, 6) is 0.360. The van der Waals surface area contributed by atoms with E-state index in [1.165, 1.54) is 11.8 Å². The van der Waals surface area contributed by atoms with Crippen LogP contribution in [0.4, 0.5) is 5.69 Å². The van der Waals surface area contributed by atoms with Crippen molar-refractivity contribution in [1.82, 2.24) is 9.47 Å². The average molecular weight is 500 g/mol. The first-order chi connectivity index (χ1) is 16.4. The number of pyridine rings is 1. The third-order valence-corrected chi connectivity index (χ3v) is 7.72. The highest BCUT2D eigenvalue weighted by Gasteiger charge is 2.35. The van der Waals surface area contributed by atoms with Gasteiger partial charge in [0.2, 0.25) is 5.91 Å².